The summed E-state index contributed by atoms with van der Waals surface area (Å²) in [5, 5.41) is 8.37. The van der Waals surface area contributed by atoms with E-state index in [0.29, 0.717) is 11.4 Å². The summed E-state index contributed by atoms with van der Waals surface area (Å²) in [7, 11) is -4.03. The highest BCUT2D eigenvalue weighted by atomic mass is 35.5. The first kappa shape index (κ1) is 16.8. The fourth-order valence-corrected chi connectivity index (χ4v) is 3.93. The Labute approximate surface area is 145 Å². The van der Waals surface area contributed by atoms with Gasteiger partial charge in [0.25, 0.3) is 5.91 Å². The van der Waals surface area contributed by atoms with Gasteiger partial charge in [-0.25, -0.2) is 13.6 Å². The lowest BCUT2D eigenvalue weighted by Crippen LogP contribution is -2.56. The second-order valence-electron chi connectivity index (χ2n) is 6.03. The molecule has 0 radical (unpaired) electrons. The van der Waals surface area contributed by atoms with Gasteiger partial charge in [-0.2, -0.15) is 0 Å². The topological polar surface area (TPSA) is 92.5 Å². The first-order valence-corrected chi connectivity index (χ1v) is 9.08. The molecule has 3 N–H and O–H groups in total. The Morgan fingerprint density at radius 1 is 1.17 bits per heavy atom. The average molecular weight is 366 g/mol. The van der Waals surface area contributed by atoms with Crippen molar-refractivity contribution in [3.8, 4) is 0 Å². The highest BCUT2D eigenvalue weighted by molar-refractivity contribution is 7.89. The molecule has 1 aliphatic rings. The van der Waals surface area contributed by atoms with Crippen molar-refractivity contribution in [1.82, 2.24) is 0 Å². The van der Waals surface area contributed by atoms with E-state index in [-0.39, 0.29) is 21.4 Å². The molecule has 0 bridgehead atoms. The number of hydrogen-bond donors (Lipinski definition) is 2. The van der Waals surface area contributed by atoms with Crippen LogP contribution in [0.2, 0.25) is 5.02 Å². The van der Waals surface area contributed by atoms with Crippen LogP contribution in [0.15, 0.2) is 47.4 Å². The van der Waals surface area contributed by atoms with Gasteiger partial charge in [-0.05, 0) is 38.1 Å². The normalized spacial score (nSPS) is 16.5. The van der Waals surface area contributed by atoms with Crippen LogP contribution < -0.4 is 15.4 Å². The fraction of sp³-hybridized carbons (Fsp3) is 0.188. The van der Waals surface area contributed by atoms with Crippen molar-refractivity contribution in [2.75, 3.05) is 10.2 Å². The van der Waals surface area contributed by atoms with Gasteiger partial charge in [-0.3, -0.25) is 9.69 Å². The number of halogens is 1. The summed E-state index contributed by atoms with van der Waals surface area (Å²) in [6, 6.07) is 11.8. The molecule has 8 heteroatoms. The van der Waals surface area contributed by atoms with Crippen LogP contribution in [-0.4, -0.2) is 20.0 Å². The number of nitrogens with one attached hydrogen (secondary N) is 1. The van der Waals surface area contributed by atoms with E-state index in [4.69, 9.17) is 16.7 Å². The summed E-state index contributed by atoms with van der Waals surface area (Å²) in [6.45, 7) is 3.70. The summed E-state index contributed by atoms with van der Waals surface area (Å²) in [6.07, 6.45) is 0. The maximum Gasteiger partial charge on any atom is 0.262 e. The van der Waals surface area contributed by atoms with Crippen LogP contribution in [-0.2, 0) is 10.0 Å². The van der Waals surface area contributed by atoms with Gasteiger partial charge in [0.05, 0.1) is 16.3 Å². The molecule has 0 aromatic heterocycles. The van der Waals surface area contributed by atoms with Crippen LogP contribution in [0.4, 0.5) is 11.4 Å². The first-order valence-electron chi connectivity index (χ1n) is 7.15. The molecule has 1 amide bonds. The van der Waals surface area contributed by atoms with Crippen molar-refractivity contribution in [3.63, 3.8) is 0 Å². The Morgan fingerprint density at radius 2 is 1.79 bits per heavy atom. The Balaban J connectivity index is 2.20. The van der Waals surface area contributed by atoms with Gasteiger partial charge in [-0.1, -0.05) is 29.8 Å². The van der Waals surface area contributed by atoms with Crippen LogP contribution in [0.25, 0.3) is 0 Å². The lowest BCUT2D eigenvalue weighted by Gasteiger charge is -2.44. The van der Waals surface area contributed by atoms with E-state index < -0.39 is 15.7 Å². The van der Waals surface area contributed by atoms with Gasteiger partial charge in [-0.15, -0.1) is 0 Å². The minimum Gasteiger partial charge on any atom is -0.362 e. The minimum atomic E-state index is -4.03. The third-order valence-corrected chi connectivity index (χ3v) is 5.20. The van der Waals surface area contributed by atoms with Gasteiger partial charge >= 0.3 is 0 Å². The third-order valence-electron chi connectivity index (χ3n) is 3.83. The van der Waals surface area contributed by atoms with E-state index in [2.05, 4.69) is 5.32 Å². The highest BCUT2D eigenvalue weighted by Gasteiger charge is 2.39. The number of para-hydroxylation sites is 1. The van der Waals surface area contributed by atoms with E-state index in [1.807, 2.05) is 44.2 Å². The molecule has 0 saturated carbocycles. The zero-order valence-corrected chi connectivity index (χ0v) is 14.6. The first-order chi connectivity index (χ1) is 11.1. The molecule has 0 aliphatic carbocycles. The van der Waals surface area contributed by atoms with Gasteiger partial charge in [0.1, 0.15) is 10.6 Å². The smallest absolute Gasteiger partial charge is 0.262 e. The second kappa shape index (κ2) is 5.47. The molecule has 6 nitrogen and oxygen atoms in total. The zero-order chi connectivity index (χ0) is 17.7. The molecule has 24 heavy (non-hydrogen) atoms. The van der Waals surface area contributed by atoms with Crippen molar-refractivity contribution < 1.29 is 13.2 Å². The number of amides is 1. The molecular formula is C16H16ClN3O3S. The van der Waals surface area contributed by atoms with Crippen molar-refractivity contribution in [3.05, 3.63) is 53.1 Å². The molecule has 2 aromatic rings. The predicted octanol–water partition coefficient (Wildman–Crippen LogP) is 2.80. The molecule has 0 unspecified atom stereocenters. The standard InChI is InChI=1S/C16H16ClN3O3S/c1-16(2)19-13-9-12(17)14(24(18,22)23)8-11(13)15(21)20(16)10-6-4-3-5-7-10/h3-9,19H,1-2H3,(H2,18,22,23). The molecule has 3 rings (SSSR count). The molecule has 0 atom stereocenters. The van der Waals surface area contributed by atoms with Crippen LogP contribution in [0.3, 0.4) is 0 Å². The quantitative estimate of drug-likeness (QED) is 0.855. The number of anilines is 2. The Hall–Kier alpha value is -2.09. The zero-order valence-electron chi connectivity index (χ0n) is 13.1. The largest absolute Gasteiger partial charge is 0.362 e. The lowest BCUT2D eigenvalue weighted by molar-refractivity contribution is 0.0961. The average Bonchev–Trinajstić information content (AvgIpc) is 2.45. The molecule has 2 aromatic carbocycles. The van der Waals surface area contributed by atoms with Crippen LogP contribution >= 0.6 is 11.6 Å². The SMILES string of the molecule is CC1(C)Nc2cc(Cl)c(S(N)(=O)=O)cc2C(=O)N1c1ccccc1. The fourth-order valence-electron chi connectivity index (χ4n) is 2.83. The molecule has 0 spiro atoms. The number of rotatable bonds is 2. The van der Waals surface area contributed by atoms with E-state index in [1.165, 1.54) is 12.1 Å². The number of benzene rings is 2. The second-order valence-corrected chi connectivity index (χ2v) is 7.97. The van der Waals surface area contributed by atoms with E-state index >= 15 is 0 Å². The van der Waals surface area contributed by atoms with E-state index in [0.717, 1.165) is 0 Å². The van der Waals surface area contributed by atoms with Gasteiger partial charge in [0.2, 0.25) is 10.0 Å². The number of hydrogen-bond acceptors (Lipinski definition) is 4. The summed E-state index contributed by atoms with van der Waals surface area (Å²) < 4.78 is 23.3. The summed E-state index contributed by atoms with van der Waals surface area (Å²) in [5.41, 5.74) is 0.636. The number of nitrogens with two attached hydrogens (primary N) is 1. The van der Waals surface area contributed by atoms with E-state index in [1.54, 1.807) is 4.90 Å². The molecule has 0 saturated heterocycles. The Morgan fingerprint density at radius 3 is 2.38 bits per heavy atom. The molecule has 1 aliphatic heterocycles. The van der Waals surface area contributed by atoms with Crippen LogP contribution in [0.5, 0.6) is 0 Å². The van der Waals surface area contributed by atoms with Gasteiger partial charge < -0.3 is 5.32 Å². The van der Waals surface area contributed by atoms with Crippen LogP contribution in [0.1, 0.15) is 24.2 Å². The molecule has 0 fully saturated rings. The molecule has 1 heterocycles. The third kappa shape index (κ3) is 2.75. The maximum atomic E-state index is 13.0. The minimum absolute atomic E-state index is 0.0273. The Kier molecular flexibility index (Phi) is 3.82. The summed E-state index contributed by atoms with van der Waals surface area (Å²) in [5.74, 6) is -0.332. The number of sulfonamides is 1. The number of nitrogens with zero attached hydrogens (tertiary/aromatic N) is 1. The summed E-state index contributed by atoms with van der Waals surface area (Å²) >= 11 is 6.02. The van der Waals surface area contributed by atoms with Crippen molar-refractivity contribution in [2.24, 2.45) is 5.14 Å². The Bertz CT molecular complexity index is 927. The number of primary sulfonamides is 1. The predicted molar refractivity (Wildman–Crippen MR) is 93.8 cm³/mol. The number of carbonyl (C=O) groups excluding carboxylic acids is 1. The lowest BCUT2D eigenvalue weighted by atomic mass is 10.0. The van der Waals surface area contributed by atoms with Crippen LogP contribution in [0, 0.1) is 0 Å². The van der Waals surface area contributed by atoms with Crippen molar-refractivity contribution in [2.45, 2.75) is 24.4 Å². The molecular weight excluding hydrogens is 350 g/mol. The van der Waals surface area contributed by atoms with E-state index in [9.17, 15) is 13.2 Å². The number of carbonyl (C=O) groups is 1. The highest BCUT2D eigenvalue weighted by Crippen LogP contribution is 2.38. The number of fused-ring (bicyclic) bond motifs is 1. The van der Waals surface area contributed by atoms with Gasteiger partial charge in [0.15, 0.2) is 0 Å². The maximum absolute atomic E-state index is 13.0. The van der Waals surface area contributed by atoms with Crippen molar-refractivity contribution >= 4 is 38.9 Å². The van der Waals surface area contributed by atoms with Gasteiger partial charge in [0, 0.05) is 5.69 Å². The molecule has 126 valence electrons. The summed E-state index contributed by atoms with van der Waals surface area (Å²) in [4.78, 5) is 14.3. The van der Waals surface area contributed by atoms with Crippen molar-refractivity contribution in [1.29, 1.82) is 0 Å². The monoisotopic (exact) mass is 365 g/mol.